The van der Waals surface area contributed by atoms with E-state index in [0.29, 0.717) is 6.04 Å². The molecule has 3 aromatic rings. The molecule has 0 N–H and O–H groups in total. The maximum absolute atomic E-state index is 6.22. The average molecular weight is 658 g/mol. The van der Waals surface area contributed by atoms with Crippen molar-refractivity contribution in [1.29, 1.82) is 0 Å². The fraction of sp³-hybridized carbons (Fsp3) is 0.588. The van der Waals surface area contributed by atoms with Crippen molar-refractivity contribution >= 4 is 47.5 Å². The molecule has 4 aliphatic heterocycles. The van der Waals surface area contributed by atoms with Crippen LogP contribution >= 0.6 is 24.8 Å². The Morgan fingerprint density at radius 1 is 0.711 bits per heavy atom. The smallest absolute Gasteiger partial charge is 0.173 e. The molecule has 0 aliphatic carbocycles. The number of hydrogen-bond acceptors (Lipinski definition) is 9. The first kappa shape index (κ1) is 33.9. The van der Waals surface area contributed by atoms with E-state index in [4.69, 9.17) is 14.7 Å². The third-order valence-electron chi connectivity index (χ3n) is 9.96. The summed E-state index contributed by atoms with van der Waals surface area (Å²) in [5, 5.41) is 0. The van der Waals surface area contributed by atoms with Crippen LogP contribution in [0.15, 0.2) is 42.5 Å². The first-order valence-corrected chi connectivity index (χ1v) is 16.5. The molecule has 45 heavy (non-hydrogen) atoms. The van der Waals surface area contributed by atoms with Gasteiger partial charge in [0.05, 0.1) is 23.7 Å². The quantitative estimate of drug-likeness (QED) is 0.318. The summed E-state index contributed by atoms with van der Waals surface area (Å²) in [6, 6.07) is 15.6. The number of nitrogens with zero attached hydrogens (tertiary/aromatic N) is 8. The molecule has 1 aromatic heterocycles. The molecule has 1 atom stereocenters. The van der Waals surface area contributed by atoms with Crippen LogP contribution < -0.4 is 14.5 Å². The van der Waals surface area contributed by atoms with Gasteiger partial charge in [0.1, 0.15) is 5.75 Å². The molecule has 2 aromatic carbocycles. The van der Waals surface area contributed by atoms with Crippen LogP contribution in [-0.4, -0.2) is 135 Å². The topological polar surface area (TPSA) is 54.5 Å². The average Bonchev–Trinajstić information content (AvgIpc) is 3.04. The Balaban J connectivity index is 0.00000200. The molecule has 0 amide bonds. The number of piperazine rings is 2. The van der Waals surface area contributed by atoms with E-state index >= 15 is 0 Å². The van der Waals surface area contributed by atoms with Crippen molar-refractivity contribution in [2.24, 2.45) is 0 Å². The lowest BCUT2D eigenvalue weighted by Gasteiger charge is -2.46. The summed E-state index contributed by atoms with van der Waals surface area (Å²) in [6.45, 7) is 15.2. The maximum atomic E-state index is 6.22. The second kappa shape index (κ2) is 15.5. The molecular formula is C34H50Cl2N8O. The van der Waals surface area contributed by atoms with Gasteiger partial charge in [-0.05, 0) is 63.2 Å². The minimum Gasteiger partial charge on any atom is -0.493 e. The van der Waals surface area contributed by atoms with Gasteiger partial charge in [-0.2, -0.15) is 0 Å². The van der Waals surface area contributed by atoms with Gasteiger partial charge in [0, 0.05) is 84.6 Å². The van der Waals surface area contributed by atoms with E-state index in [1.54, 1.807) is 0 Å². The van der Waals surface area contributed by atoms with Gasteiger partial charge in [0.25, 0.3) is 0 Å². The van der Waals surface area contributed by atoms with E-state index in [-0.39, 0.29) is 24.8 Å². The third kappa shape index (κ3) is 7.77. The lowest BCUT2D eigenvalue weighted by atomic mass is 9.91. The highest BCUT2D eigenvalue weighted by atomic mass is 35.5. The Labute approximate surface area is 281 Å². The number of fused-ring (bicyclic) bond motifs is 6. The van der Waals surface area contributed by atoms with E-state index in [9.17, 15) is 0 Å². The first-order valence-electron chi connectivity index (χ1n) is 16.5. The third-order valence-corrected chi connectivity index (χ3v) is 9.96. The van der Waals surface area contributed by atoms with E-state index in [2.05, 4.69) is 86.0 Å². The Kier molecular flexibility index (Phi) is 11.7. The number of aromatic nitrogens is 2. The van der Waals surface area contributed by atoms with E-state index in [1.165, 1.54) is 24.2 Å². The van der Waals surface area contributed by atoms with Gasteiger partial charge < -0.3 is 34.1 Å². The molecule has 246 valence electrons. The lowest BCUT2D eigenvalue weighted by Crippen LogP contribution is -2.49. The van der Waals surface area contributed by atoms with E-state index in [0.717, 1.165) is 126 Å². The zero-order valence-electron chi connectivity index (χ0n) is 26.9. The summed E-state index contributed by atoms with van der Waals surface area (Å²) in [6.07, 6.45) is 3.22. The Hall–Kier alpha value is -2.40. The van der Waals surface area contributed by atoms with Crippen LogP contribution in [0.25, 0.3) is 11.0 Å². The second-order valence-electron chi connectivity index (χ2n) is 13.0. The normalized spacial score (nSPS) is 21.0. The number of rotatable bonds is 9. The molecule has 0 bridgehead atoms. The van der Waals surface area contributed by atoms with Gasteiger partial charge in [0.15, 0.2) is 11.6 Å². The van der Waals surface area contributed by atoms with Crippen LogP contribution in [0.2, 0.25) is 0 Å². The molecule has 1 unspecified atom stereocenters. The number of ether oxygens (including phenoxy) is 1. The zero-order valence-corrected chi connectivity index (χ0v) is 28.6. The van der Waals surface area contributed by atoms with Crippen molar-refractivity contribution in [2.45, 2.75) is 25.3 Å². The predicted molar refractivity (Wildman–Crippen MR) is 189 cm³/mol. The van der Waals surface area contributed by atoms with Crippen molar-refractivity contribution in [3.05, 3.63) is 53.6 Å². The Morgan fingerprint density at radius 2 is 1.38 bits per heavy atom. The Bertz CT molecular complexity index is 1400. The SMILES string of the molecule is CN1CCN(CCCOc2ccc3nc4c(nc3c2)N(CCCN2CCN(C)CC2)CC2c3ccccc3CCN42)CC1.Cl.Cl. The molecule has 0 spiro atoms. The highest BCUT2D eigenvalue weighted by Crippen LogP contribution is 2.43. The molecule has 0 radical (unpaired) electrons. The van der Waals surface area contributed by atoms with Gasteiger partial charge in [0.2, 0.25) is 0 Å². The number of benzene rings is 2. The highest BCUT2D eigenvalue weighted by molar-refractivity contribution is 5.86. The summed E-state index contributed by atoms with van der Waals surface area (Å²) >= 11 is 0. The van der Waals surface area contributed by atoms with Crippen LogP contribution in [0.4, 0.5) is 11.6 Å². The van der Waals surface area contributed by atoms with Crippen molar-refractivity contribution in [3.63, 3.8) is 0 Å². The van der Waals surface area contributed by atoms with Gasteiger partial charge in [-0.3, -0.25) is 0 Å². The van der Waals surface area contributed by atoms with Crippen LogP contribution in [0.1, 0.15) is 30.0 Å². The van der Waals surface area contributed by atoms with Crippen LogP contribution in [0.3, 0.4) is 0 Å². The summed E-state index contributed by atoms with van der Waals surface area (Å²) < 4.78 is 6.22. The van der Waals surface area contributed by atoms with Gasteiger partial charge in [-0.1, -0.05) is 24.3 Å². The van der Waals surface area contributed by atoms with Crippen molar-refractivity contribution in [1.82, 2.24) is 29.6 Å². The lowest BCUT2D eigenvalue weighted by molar-refractivity contribution is 0.145. The number of likely N-dealkylation sites (N-methyl/N-ethyl adjacent to an activating group) is 2. The maximum Gasteiger partial charge on any atom is 0.173 e. The molecule has 5 heterocycles. The minimum atomic E-state index is 0. The van der Waals surface area contributed by atoms with Crippen LogP contribution in [0.5, 0.6) is 5.75 Å². The highest BCUT2D eigenvalue weighted by Gasteiger charge is 2.37. The number of hydrogen-bond donors (Lipinski definition) is 0. The monoisotopic (exact) mass is 656 g/mol. The standard InChI is InChI=1S/C34H48N8O.2ClH/c1-37-16-20-39(21-17-37)12-5-14-41-26-32-29-8-4-3-7-27(29)11-15-42(32)34-33(41)36-31-25-28(9-10-30(31)35-34)43-24-6-13-40-22-18-38(2)19-23-40;;/h3-4,7-10,25,32H,5-6,11-24,26H2,1-2H3;2*1H. The minimum absolute atomic E-state index is 0. The summed E-state index contributed by atoms with van der Waals surface area (Å²) in [5.74, 6) is 2.97. The van der Waals surface area contributed by atoms with Crippen LogP contribution in [0, 0.1) is 0 Å². The van der Waals surface area contributed by atoms with Crippen molar-refractivity contribution in [2.75, 3.05) is 116 Å². The van der Waals surface area contributed by atoms with E-state index in [1.807, 2.05) is 0 Å². The molecule has 2 saturated heterocycles. The van der Waals surface area contributed by atoms with Crippen molar-refractivity contribution in [3.8, 4) is 5.75 Å². The predicted octanol–water partition coefficient (Wildman–Crippen LogP) is 4.05. The van der Waals surface area contributed by atoms with Gasteiger partial charge in [-0.15, -0.1) is 24.8 Å². The Morgan fingerprint density at radius 3 is 2.11 bits per heavy atom. The largest absolute Gasteiger partial charge is 0.493 e. The molecule has 11 heteroatoms. The molecule has 4 aliphatic rings. The summed E-state index contributed by atoms with van der Waals surface area (Å²) in [5.41, 5.74) is 4.80. The zero-order chi connectivity index (χ0) is 29.2. The molecule has 9 nitrogen and oxygen atoms in total. The van der Waals surface area contributed by atoms with Crippen LogP contribution in [-0.2, 0) is 6.42 Å². The van der Waals surface area contributed by atoms with E-state index < -0.39 is 0 Å². The molecule has 0 saturated carbocycles. The van der Waals surface area contributed by atoms with Crippen molar-refractivity contribution < 1.29 is 4.74 Å². The fourth-order valence-corrected chi connectivity index (χ4v) is 7.21. The molecular weight excluding hydrogens is 607 g/mol. The second-order valence-corrected chi connectivity index (χ2v) is 13.0. The number of halogens is 2. The molecule has 7 rings (SSSR count). The summed E-state index contributed by atoms with van der Waals surface area (Å²) in [7, 11) is 4.43. The number of anilines is 2. The van der Waals surface area contributed by atoms with Gasteiger partial charge >= 0.3 is 0 Å². The first-order chi connectivity index (χ1) is 21.1. The fourth-order valence-electron chi connectivity index (χ4n) is 7.21. The molecule has 2 fully saturated rings. The summed E-state index contributed by atoms with van der Waals surface area (Å²) in [4.78, 5) is 25.6. The van der Waals surface area contributed by atoms with Gasteiger partial charge in [-0.25, -0.2) is 9.97 Å².